The van der Waals surface area contributed by atoms with Gasteiger partial charge in [-0.3, -0.25) is 4.99 Å². The predicted octanol–water partition coefficient (Wildman–Crippen LogP) is 2.06. The number of ether oxygens (including phenoxy) is 3. The molecule has 1 unspecified atom stereocenters. The van der Waals surface area contributed by atoms with Gasteiger partial charge in [0.25, 0.3) is 0 Å². The Morgan fingerprint density at radius 2 is 2.06 bits per heavy atom. The van der Waals surface area contributed by atoms with Crippen molar-refractivity contribution < 1.29 is 24.1 Å². The van der Waals surface area contributed by atoms with Crippen molar-refractivity contribution in [3.63, 3.8) is 0 Å². The van der Waals surface area contributed by atoms with Crippen LogP contribution in [0.25, 0.3) is 0 Å². The molecule has 3 rings (SSSR count). The number of aliphatic hydroxyl groups is 1. The first-order chi connectivity index (χ1) is 14.3. The van der Waals surface area contributed by atoms with Crippen LogP contribution in [-0.4, -0.2) is 85.1 Å². The van der Waals surface area contributed by atoms with Gasteiger partial charge in [0.1, 0.15) is 12.2 Å². The maximum atomic E-state index is 12.3. The number of benzene rings is 1. The van der Waals surface area contributed by atoms with Crippen molar-refractivity contribution in [2.24, 2.45) is 4.99 Å². The number of rotatable bonds is 6. The Morgan fingerprint density at radius 1 is 1.29 bits per heavy atom. The smallest absolute Gasteiger partial charge is 0.410 e. The van der Waals surface area contributed by atoms with Crippen molar-refractivity contribution in [3.05, 3.63) is 23.8 Å². The van der Waals surface area contributed by atoms with Gasteiger partial charge in [0.05, 0.1) is 26.3 Å². The minimum absolute atomic E-state index is 0. The maximum absolute atomic E-state index is 12.3. The summed E-state index contributed by atoms with van der Waals surface area (Å²) in [6.07, 6.45) is -0.265. The molecular formula is C21H33IN4O5. The van der Waals surface area contributed by atoms with E-state index >= 15 is 0 Å². The fourth-order valence-electron chi connectivity index (χ4n) is 3.50. The SMILES string of the molecule is COc1cc(CNC2=NCC3CN(C(=O)OC(C)(C)C)CCN23)ccc1OCCO.I. The Kier molecular flexibility index (Phi) is 9.04. The summed E-state index contributed by atoms with van der Waals surface area (Å²) in [5.74, 6) is 2.08. The molecule has 1 fully saturated rings. The van der Waals surface area contributed by atoms with Gasteiger partial charge in [-0.05, 0) is 38.5 Å². The van der Waals surface area contributed by atoms with Crippen LogP contribution in [0, 0.1) is 0 Å². The van der Waals surface area contributed by atoms with E-state index in [4.69, 9.17) is 19.3 Å². The summed E-state index contributed by atoms with van der Waals surface area (Å²) in [6, 6.07) is 5.87. The predicted molar refractivity (Wildman–Crippen MR) is 128 cm³/mol. The van der Waals surface area contributed by atoms with E-state index in [-0.39, 0.29) is 49.3 Å². The van der Waals surface area contributed by atoms with E-state index in [0.717, 1.165) is 11.5 Å². The van der Waals surface area contributed by atoms with Crippen molar-refractivity contribution in [1.82, 2.24) is 15.1 Å². The molecule has 0 aliphatic carbocycles. The van der Waals surface area contributed by atoms with E-state index in [2.05, 4.69) is 15.2 Å². The highest BCUT2D eigenvalue weighted by Gasteiger charge is 2.36. The van der Waals surface area contributed by atoms with Gasteiger partial charge >= 0.3 is 6.09 Å². The van der Waals surface area contributed by atoms with Crippen LogP contribution in [0.4, 0.5) is 4.79 Å². The number of carbonyl (C=O) groups excluding carboxylic acids is 1. The number of guanidine groups is 1. The third kappa shape index (κ3) is 6.76. The van der Waals surface area contributed by atoms with Crippen molar-refractivity contribution >= 4 is 36.0 Å². The average molecular weight is 548 g/mol. The third-order valence-corrected chi connectivity index (χ3v) is 4.89. The summed E-state index contributed by atoms with van der Waals surface area (Å²) in [7, 11) is 1.59. The van der Waals surface area contributed by atoms with Gasteiger partial charge in [-0.25, -0.2) is 4.79 Å². The summed E-state index contributed by atoms with van der Waals surface area (Å²) in [5, 5.41) is 12.3. The zero-order chi connectivity index (χ0) is 21.7. The molecule has 31 heavy (non-hydrogen) atoms. The highest BCUT2D eigenvalue weighted by Crippen LogP contribution is 2.28. The highest BCUT2D eigenvalue weighted by molar-refractivity contribution is 14.0. The number of amides is 1. The molecule has 9 nitrogen and oxygen atoms in total. The number of aliphatic imine (C=N–C) groups is 1. The minimum Gasteiger partial charge on any atom is -0.493 e. The maximum Gasteiger partial charge on any atom is 0.410 e. The van der Waals surface area contributed by atoms with Gasteiger partial charge < -0.3 is 34.4 Å². The van der Waals surface area contributed by atoms with Gasteiger partial charge in [-0.15, -0.1) is 24.0 Å². The second-order valence-corrected chi connectivity index (χ2v) is 8.35. The molecule has 0 bridgehead atoms. The number of fused-ring (bicyclic) bond motifs is 1. The molecule has 1 amide bonds. The Morgan fingerprint density at radius 3 is 2.74 bits per heavy atom. The van der Waals surface area contributed by atoms with Crippen molar-refractivity contribution in [2.45, 2.75) is 39.0 Å². The molecule has 2 aliphatic rings. The summed E-state index contributed by atoms with van der Waals surface area (Å²) in [4.78, 5) is 21.0. The number of piperazine rings is 1. The van der Waals surface area contributed by atoms with Crippen molar-refractivity contribution in [2.75, 3.05) is 46.5 Å². The molecule has 174 valence electrons. The van der Waals surface area contributed by atoms with Crippen LogP contribution in [0.2, 0.25) is 0 Å². The molecule has 1 aromatic rings. The Balaban J connectivity index is 0.00000341. The molecule has 1 atom stereocenters. The molecule has 10 heteroatoms. The molecule has 2 N–H and O–H groups in total. The summed E-state index contributed by atoms with van der Waals surface area (Å²) >= 11 is 0. The lowest BCUT2D eigenvalue weighted by atomic mass is 10.2. The summed E-state index contributed by atoms with van der Waals surface area (Å²) in [5.41, 5.74) is 0.536. The van der Waals surface area contributed by atoms with Gasteiger partial charge in [0, 0.05) is 26.2 Å². The monoisotopic (exact) mass is 548 g/mol. The lowest BCUT2D eigenvalue weighted by Crippen LogP contribution is -2.57. The number of hydrogen-bond acceptors (Lipinski definition) is 8. The molecule has 0 aromatic heterocycles. The number of nitrogens with zero attached hydrogens (tertiary/aromatic N) is 3. The van der Waals surface area contributed by atoms with E-state index in [1.54, 1.807) is 12.0 Å². The van der Waals surface area contributed by atoms with Crippen LogP contribution < -0.4 is 14.8 Å². The quantitative estimate of drug-likeness (QED) is 0.526. The van der Waals surface area contributed by atoms with Crippen molar-refractivity contribution in [1.29, 1.82) is 0 Å². The first kappa shape index (κ1) is 25.3. The molecular weight excluding hydrogens is 515 g/mol. The molecule has 0 spiro atoms. The number of halogens is 1. The van der Waals surface area contributed by atoms with Gasteiger partial charge in [-0.2, -0.15) is 0 Å². The molecule has 1 saturated heterocycles. The molecule has 0 radical (unpaired) electrons. The average Bonchev–Trinajstić information content (AvgIpc) is 3.12. The van der Waals surface area contributed by atoms with Gasteiger partial charge in [0.2, 0.25) is 0 Å². The largest absolute Gasteiger partial charge is 0.493 e. The second kappa shape index (κ2) is 11.1. The standard InChI is InChI=1S/C21H32N4O5.HI/c1-21(2,3)30-20(27)24-7-8-25-16(14-24)13-23-19(25)22-12-15-5-6-17(29-10-9-26)18(11-15)28-4;/h5-6,11,16,26H,7-10,12-14H2,1-4H3,(H,22,23);1H. The molecule has 0 saturated carbocycles. The number of hydrogen-bond donors (Lipinski definition) is 2. The lowest BCUT2D eigenvalue weighted by Gasteiger charge is -2.39. The van der Waals surface area contributed by atoms with Crippen LogP contribution in [0.1, 0.15) is 26.3 Å². The van der Waals surface area contributed by atoms with Gasteiger partial charge in [-0.1, -0.05) is 6.07 Å². The topological polar surface area (TPSA) is 95.9 Å². The summed E-state index contributed by atoms with van der Waals surface area (Å²) in [6.45, 7) is 8.98. The van der Waals surface area contributed by atoms with Crippen molar-refractivity contribution in [3.8, 4) is 11.5 Å². The van der Waals surface area contributed by atoms with E-state index in [9.17, 15) is 4.79 Å². The Labute approximate surface area is 200 Å². The first-order valence-electron chi connectivity index (χ1n) is 10.2. The number of aliphatic hydroxyl groups excluding tert-OH is 1. The third-order valence-electron chi connectivity index (χ3n) is 4.89. The number of carbonyl (C=O) groups is 1. The zero-order valence-corrected chi connectivity index (χ0v) is 20.9. The van der Waals surface area contributed by atoms with E-state index in [1.807, 2.05) is 39.0 Å². The van der Waals surface area contributed by atoms with E-state index in [1.165, 1.54) is 0 Å². The molecule has 2 aliphatic heterocycles. The van der Waals surface area contributed by atoms with Crippen LogP contribution >= 0.6 is 24.0 Å². The van der Waals surface area contributed by atoms with E-state index in [0.29, 0.717) is 44.2 Å². The summed E-state index contributed by atoms with van der Waals surface area (Å²) < 4.78 is 16.3. The van der Waals surface area contributed by atoms with E-state index < -0.39 is 5.60 Å². The normalized spacial score (nSPS) is 18.0. The minimum atomic E-state index is -0.493. The highest BCUT2D eigenvalue weighted by atomic mass is 127. The molecule has 1 aromatic carbocycles. The fourth-order valence-corrected chi connectivity index (χ4v) is 3.50. The fraction of sp³-hybridized carbons (Fsp3) is 0.619. The first-order valence-corrected chi connectivity index (χ1v) is 10.2. The second-order valence-electron chi connectivity index (χ2n) is 8.35. The van der Waals surface area contributed by atoms with Crippen LogP contribution in [0.15, 0.2) is 23.2 Å². The molecule has 2 heterocycles. The zero-order valence-electron chi connectivity index (χ0n) is 18.6. The van der Waals surface area contributed by atoms with Crippen LogP contribution in [0.5, 0.6) is 11.5 Å². The van der Waals surface area contributed by atoms with Gasteiger partial charge in [0.15, 0.2) is 17.5 Å². The van der Waals surface area contributed by atoms with Crippen LogP contribution in [-0.2, 0) is 11.3 Å². The lowest BCUT2D eigenvalue weighted by molar-refractivity contribution is 0.0137. The Bertz CT molecular complexity index is 784. The Hall–Kier alpha value is -1.95. The number of methoxy groups -OCH3 is 1. The van der Waals surface area contributed by atoms with Crippen LogP contribution in [0.3, 0.4) is 0 Å². The number of nitrogens with one attached hydrogen (secondary N) is 1.